The average Bonchev–Trinajstić information content (AvgIpc) is 1.65. The highest BCUT2D eigenvalue weighted by molar-refractivity contribution is 5.47. The van der Waals surface area contributed by atoms with Gasteiger partial charge in [-0.2, -0.15) is 13.8 Å². The van der Waals surface area contributed by atoms with Crippen LogP contribution < -0.4 is 37.9 Å². The summed E-state index contributed by atoms with van der Waals surface area (Å²) in [6.45, 7) is 57.9. The largest absolute Gasteiger partial charge is 0.493 e. The van der Waals surface area contributed by atoms with Gasteiger partial charge in [0.15, 0.2) is 23.1 Å². The summed E-state index contributed by atoms with van der Waals surface area (Å²) in [4.78, 5) is 18.4. The van der Waals surface area contributed by atoms with Crippen LogP contribution in [0, 0.1) is 76.5 Å². The second-order valence-corrected chi connectivity index (χ2v) is 46.6. The summed E-state index contributed by atoms with van der Waals surface area (Å²) >= 11 is 0. The molecule has 6 aromatic carbocycles. The Morgan fingerprint density at radius 1 is 0.388 bits per heavy atom. The SMILES string of the molecule is CC(C)(C)c1cc(F)cc(OCC2CC2)c1.CC(C)(C)c1ccc(C(F)F)c(OCC2CC2)c1.CC(C)(C)c1ccc(F)c(CCC2CC2)c1.CC(C)(C)c1ccc(F)c(OCCN2CCCC2)c1.CC(C)(C)c1ccc(F)cc1OCC1CC1.CC(C)(C)c1ccc2c(c1)OC(C1CC1)CO2.CC(C)(C)c1cnc(F)c(OCC2CC2)n1.CC(C)(C)c1ncc(F)c(OCC2CC2)n1. The molecule has 4 heterocycles. The molecule has 17 rings (SSSR count). The molecule has 21 heteroatoms. The Kier molecular flexibility index (Phi) is 37.3. The summed E-state index contributed by atoms with van der Waals surface area (Å²) in [7, 11) is 0. The molecule has 0 spiro atoms. The molecule has 1 saturated heterocycles. The smallest absolute Gasteiger partial charge is 0.275 e. The fraction of sp³-hybridized carbons (Fsp3) is 0.611. The lowest BCUT2D eigenvalue weighted by Gasteiger charge is -2.28. The minimum absolute atomic E-state index is 0.00338. The molecule has 738 valence electrons. The normalized spacial score (nSPS) is 17.3. The van der Waals surface area contributed by atoms with Crippen molar-refractivity contribution in [1.82, 2.24) is 24.8 Å². The zero-order valence-electron chi connectivity index (χ0n) is 85.1. The highest BCUT2D eigenvalue weighted by Crippen LogP contribution is 2.45. The minimum Gasteiger partial charge on any atom is -0.493 e. The number of nitrogens with zero attached hydrogens (tertiary/aromatic N) is 5. The molecular weight excluding hydrogens is 1710 g/mol. The van der Waals surface area contributed by atoms with Crippen molar-refractivity contribution in [2.45, 2.75) is 338 Å². The van der Waals surface area contributed by atoms with Crippen LogP contribution in [0.4, 0.5) is 35.1 Å². The second kappa shape index (κ2) is 46.6. The molecular formula is C113H157F8N5O8. The molecule has 1 unspecified atom stereocenters. The molecule has 2 aliphatic heterocycles. The first-order valence-corrected chi connectivity index (χ1v) is 49.3. The fourth-order valence-electron chi connectivity index (χ4n) is 14.3. The molecule has 8 aromatic rings. The number of ether oxygens (including phenoxy) is 8. The predicted octanol–water partition coefficient (Wildman–Crippen LogP) is 29.5. The van der Waals surface area contributed by atoms with Gasteiger partial charge >= 0.3 is 0 Å². The molecule has 7 saturated carbocycles. The quantitative estimate of drug-likeness (QED) is 0.0533. The Labute approximate surface area is 797 Å². The van der Waals surface area contributed by atoms with Crippen LogP contribution in [0.1, 0.15) is 338 Å². The van der Waals surface area contributed by atoms with Crippen molar-refractivity contribution in [2.75, 3.05) is 65.9 Å². The number of alkyl halides is 2. The Morgan fingerprint density at radius 2 is 0.881 bits per heavy atom. The van der Waals surface area contributed by atoms with Gasteiger partial charge in [0.25, 0.3) is 24.1 Å². The molecule has 0 amide bonds. The molecule has 13 nitrogen and oxygen atoms in total. The van der Waals surface area contributed by atoms with Crippen molar-refractivity contribution in [3.8, 4) is 46.3 Å². The van der Waals surface area contributed by atoms with E-state index in [9.17, 15) is 35.1 Å². The van der Waals surface area contributed by atoms with Gasteiger partial charge in [-0.15, -0.1) is 0 Å². The number of fused-ring (bicyclic) bond motifs is 1. The van der Waals surface area contributed by atoms with E-state index in [-0.39, 0.29) is 90.0 Å². The van der Waals surface area contributed by atoms with Crippen LogP contribution in [0.15, 0.2) is 122 Å². The van der Waals surface area contributed by atoms with E-state index in [0.717, 1.165) is 115 Å². The fourth-order valence-corrected chi connectivity index (χ4v) is 14.3. The van der Waals surface area contributed by atoms with E-state index in [1.807, 2.05) is 77.9 Å². The zero-order chi connectivity index (χ0) is 98.1. The maximum Gasteiger partial charge on any atom is 0.275 e. The lowest BCUT2D eigenvalue weighted by molar-refractivity contribution is 0.0755. The first kappa shape index (κ1) is 107. The highest BCUT2D eigenvalue weighted by Gasteiger charge is 2.38. The Balaban J connectivity index is 0.000000159. The molecule has 0 radical (unpaired) electrons. The molecule has 134 heavy (non-hydrogen) atoms. The minimum atomic E-state index is -2.48. The van der Waals surface area contributed by atoms with Crippen LogP contribution in [0.2, 0.25) is 0 Å². The van der Waals surface area contributed by atoms with Crippen molar-refractivity contribution in [1.29, 1.82) is 0 Å². The number of aromatic nitrogens is 4. The first-order chi connectivity index (χ1) is 62.7. The van der Waals surface area contributed by atoms with Crippen LogP contribution in [0.25, 0.3) is 0 Å². The molecule has 1 atom stereocenters. The first-order valence-electron chi connectivity index (χ1n) is 49.3. The molecule has 0 bridgehead atoms. The predicted molar refractivity (Wildman–Crippen MR) is 523 cm³/mol. The molecule has 2 aromatic heterocycles. The van der Waals surface area contributed by atoms with E-state index in [4.69, 9.17) is 37.9 Å². The third-order valence-corrected chi connectivity index (χ3v) is 25.0. The zero-order valence-corrected chi connectivity index (χ0v) is 85.1. The van der Waals surface area contributed by atoms with Gasteiger partial charge in [0.1, 0.15) is 59.8 Å². The number of rotatable bonds is 24. The van der Waals surface area contributed by atoms with Crippen molar-refractivity contribution < 1.29 is 73.0 Å². The lowest BCUT2D eigenvalue weighted by atomic mass is 9.85. The summed E-state index contributed by atoms with van der Waals surface area (Å²) in [5.41, 5.74) is 8.23. The maximum atomic E-state index is 13.7. The summed E-state index contributed by atoms with van der Waals surface area (Å²) in [6.07, 6.45) is 22.4. The highest BCUT2D eigenvalue weighted by atomic mass is 19.3. The van der Waals surface area contributed by atoms with Crippen LogP contribution in [0.5, 0.6) is 46.3 Å². The van der Waals surface area contributed by atoms with Gasteiger partial charge < -0.3 is 37.9 Å². The standard InChI is InChI=1S/C16H24FNO.C15H20F2O.C15H21F.C15H20O2.2C14H19FO.2C12H17FN2O/c1-16(2,3)13-6-7-14(17)15(12-13)19-11-10-18-8-4-5-9-18;1-15(2,3)11-6-7-12(14(16)17)13(8-11)18-9-10-4-5-10;1-15(2,3)13-8-9-14(16)12(10-13)7-6-11-4-5-11;1-15(2,3)11-6-7-12-13(8-11)17-14(9-16-12)10-4-5-10;1-14(2,3)11-6-12(15)8-13(7-11)16-9-10-4-5-10;1-14(2,3)12-7-6-11(15)8-13(12)16-9-10-4-5-10;1-12(2,3)9-6-14-10(13)11(15-9)16-7-8-4-5-8;1-12(2,3)11-14-6-9(13)10(15-11)16-7-8-4-5-8/h6-7,12H,4-5,8-11H2,1-3H3;6-8,10,14H,4-5,9H2,1-3H3;8-11H,4-7H2,1-3H3;6-8,10,14H,4-5,9H2,1-3H3;2*6-8,10H,4-5,9H2,1-3H3;2*6,8H,4-5,7H2,1-3H3. The number of halogens is 8. The van der Waals surface area contributed by atoms with Crippen LogP contribution in [-0.4, -0.2) is 96.8 Å². The topological polar surface area (TPSA) is 129 Å². The Hall–Kier alpha value is -8.72. The van der Waals surface area contributed by atoms with Gasteiger partial charge in [-0.1, -0.05) is 215 Å². The molecule has 8 fully saturated rings. The summed E-state index contributed by atoms with van der Waals surface area (Å²) in [6, 6.07) is 32.0. The summed E-state index contributed by atoms with van der Waals surface area (Å²) < 4.78 is 152. The summed E-state index contributed by atoms with van der Waals surface area (Å²) in [5, 5.41) is 0. The molecule has 9 aliphatic rings. The maximum absolute atomic E-state index is 13.7. The van der Waals surface area contributed by atoms with E-state index in [2.05, 4.69) is 168 Å². The van der Waals surface area contributed by atoms with Crippen molar-refractivity contribution in [2.24, 2.45) is 41.4 Å². The van der Waals surface area contributed by atoms with Crippen molar-refractivity contribution in [3.05, 3.63) is 213 Å². The lowest BCUT2D eigenvalue weighted by Crippen LogP contribution is -2.31. The Morgan fingerprint density at radius 3 is 1.40 bits per heavy atom. The average molecular weight is 1870 g/mol. The van der Waals surface area contributed by atoms with Gasteiger partial charge in [-0.25, -0.2) is 41.3 Å². The monoisotopic (exact) mass is 1860 g/mol. The number of hydrogen-bond acceptors (Lipinski definition) is 13. The second-order valence-electron chi connectivity index (χ2n) is 46.6. The van der Waals surface area contributed by atoms with Crippen molar-refractivity contribution >= 4 is 0 Å². The third kappa shape index (κ3) is 37.0. The number of hydrogen-bond donors (Lipinski definition) is 0. The van der Waals surface area contributed by atoms with Gasteiger partial charge in [-0.05, 0) is 289 Å². The molecule has 0 N–H and O–H groups in total. The third-order valence-electron chi connectivity index (χ3n) is 25.0. The molecule has 7 aliphatic carbocycles. The van der Waals surface area contributed by atoms with Crippen molar-refractivity contribution in [3.63, 3.8) is 0 Å². The van der Waals surface area contributed by atoms with Gasteiger partial charge in [0.2, 0.25) is 5.82 Å². The van der Waals surface area contributed by atoms with Gasteiger partial charge in [0.05, 0.1) is 56.7 Å². The van der Waals surface area contributed by atoms with E-state index < -0.39 is 18.2 Å². The van der Waals surface area contributed by atoms with Gasteiger partial charge in [0, 0.05) is 29.5 Å². The summed E-state index contributed by atoms with van der Waals surface area (Å²) in [5.74, 6) is 7.56. The van der Waals surface area contributed by atoms with E-state index in [1.54, 1.807) is 24.3 Å². The van der Waals surface area contributed by atoms with E-state index in [1.165, 1.54) is 144 Å². The van der Waals surface area contributed by atoms with Crippen LogP contribution in [-0.2, 0) is 49.7 Å². The Bertz CT molecular complexity index is 4850. The van der Waals surface area contributed by atoms with E-state index in [0.29, 0.717) is 91.4 Å². The van der Waals surface area contributed by atoms with E-state index >= 15 is 0 Å². The number of benzene rings is 6. The number of aryl methyl sites for hydroxylation is 1. The van der Waals surface area contributed by atoms with Crippen LogP contribution >= 0.6 is 0 Å². The van der Waals surface area contributed by atoms with Crippen LogP contribution in [0.3, 0.4) is 0 Å². The van der Waals surface area contributed by atoms with Gasteiger partial charge in [-0.3, -0.25) is 4.90 Å². The number of likely N-dealkylation sites (tertiary alicyclic amines) is 1.